The van der Waals surface area contributed by atoms with Gasteiger partial charge in [-0.1, -0.05) is 6.92 Å². The van der Waals surface area contributed by atoms with Crippen molar-refractivity contribution in [2.45, 2.75) is 49.8 Å². The lowest BCUT2D eigenvalue weighted by molar-refractivity contribution is -0.145. The summed E-state index contributed by atoms with van der Waals surface area (Å²) >= 11 is 0. The van der Waals surface area contributed by atoms with E-state index in [2.05, 4.69) is 14.9 Å². The fourth-order valence-electron chi connectivity index (χ4n) is 4.70. The first kappa shape index (κ1) is 22.1. The number of ether oxygens (including phenoxy) is 1. The highest BCUT2D eigenvalue weighted by Crippen LogP contribution is 2.43. The average molecular weight is 449 g/mol. The summed E-state index contributed by atoms with van der Waals surface area (Å²) in [6.45, 7) is 7.81. The molecule has 7 nitrogen and oxygen atoms in total. The van der Waals surface area contributed by atoms with Crippen LogP contribution < -0.4 is 0 Å². The first-order chi connectivity index (χ1) is 14.0. The molecule has 1 unspecified atom stereocenters. The van der Waals surface area contributed by atoms with Gasteiger partial charge >= 0.3 is 6.18 Å². The standard InChI is InChI=1S/C19H27F3N4O3S/c1-3-14-15(13(2)23-16(24-14)19(20,21)22)30(28)26-10-17(11-26)8-25(9-17)12-18(27)4-6-29-7-5-18/h27H,3-12H2,1-2H3. The van der Waals surface area contributed by atoms with Crippen molar-refractivity contribution in [1.29, 1.82) is 0 Å². The molecule has 4 rings (SSSR count). The molecule has 3 aliphatic rings. The Balaban J connectivity index is 1.37. The largest absolute Gasteiger partial charge is 0.451 e. The van der Waals surface area contributed by atoms with Crippen LogP contribution in [-0.4, -0.2) is 80.0 Å². The smallest absolute Gasteiger partial charge is 0.388 e. The molecule has 0 amide bonds. The van der Waals surface area contributed by atoms with Crippen LogP contribution in [-0.2, 0) is 28.3 Å². The van der Waals surface area contributed by atoms with Crippen molar-refractivity contribution in [2.24, 2.45) is 5.41 Å². The van der Waals surface area contributed by atoms with Crippen molar-refractivity contribution in [2.75, 3.05) is 45.9 Å². The molecule has 0 aliphatic carbocycles. The Bertz CT molecular complexity index is 831. The van der Waals surface area contributed by atoms with Gasteiger partial charge in [-0.25, -0.2) is 18.5 Å². The van der Waals surface area contributed by atoms with Crippen LogP contribution in [0.15, 0.2) is 4.90 Å². The molecule has 3 fully saturated rings. The predicted molar refractivity (Wildman–Crippen MR) is 103 cm³/mol. The van der Waals surface area contributed by atoms with E-state index < -0.39 is 28.6 Å². The van der Waals surface area contributed by atoms with Gasteiger partial charge in [-0.05, 0) is 13.3 Å². The van der Waals surface area contributed by atoms with Gasteiger partial charge in [0, 0.05) is 64.2 Å². The summed E-state index contributed by atoms with van der Waals surface area (Å²) in [4.78, 5) is 9.72. The minimum atomic E-state index is -4.63. The molecule has 4 heterocycles. The minimum absolute atomic E-state index is 0.0459. The zero-order chi connectivity index (χ0) is 21.7. The van der Waals surface area contributed by atoms with Crippen LogP contribution in [0.4, 0.5) is 13.2 Å². The van der Waals surface area contributed by atoms with Crippen LogP contribution >= 0.6 is 0 Å². The van der Waals surface area contributed by atoms with Crippen LogP contribution in [0, 0.1) is 12.3 Å². The van der Waals surface area contributed by atoms with Crippen LogP contribution in [0.1, 0.15) is 37.0 Å². The molecule has 3 aliphatic heterocycles. The van der Waals surface area contributed by atoms with Crippen LogP contribution in [0.5, 0.6) is 0 Å². The summed E-state index contributed by atoms with van der Waals surface area (Å²) in [6.07, 6.45) is -3.10. The van der Waals surface area contributed by atoms with Crippen molar-refractivity contribution >= 4 is 11.0 Å². The van der Waals surface area contributed by atoms with Crippen molar-refractivity contribution in [1.82, 2.24) is 19.2 Å². The second-order valence-electron chi connectivity index (χ2n) is 8.79. The fraction of sp³-hybridized carbons (Fsp3) is 0.789. The third-order valence-electron chi connectivity index (χ3n) is 6.19. The van der Waals surface area contributed by atoms with Gasteiger partial charge in [0.05, 0.1) is 21.9 Å². The monoisotopic (exact) mass is 448 g/mol. The number of β-amino-alcohol motifs (C(OH)–C–C–N with tert-alkyl or cyclic N) is 1. The Morgan fingerprint density at radius 2 is 1.80 bits per heavy atom. The van der Waals surface area contributed by atoms with E-state index in [0.717, 1.165) is 13.1 Å². The number of rotatable bonds is 5. The number of hydrogen-bond acceptors (Lipinski definition) is 6. The van der Waals surface area contributed by atoms with Crippen LogP contribution in [0.3, 0.4) is 0 Å². The summed E-state index contributed by atoms with van der Waals surface area (Å²) in [6, 6.07) is 0. The molecule has 3 saturated heterocycles. The van der Waals surface area contributed by atoms with Gasteiger partial charge in [-0.3, -0.25) is 4.90 Å². The van der Waals surface area contributed by atoms with Crippen molar-refractivity contribution in [3.05, 3.63) is 17.2 Å². The molecule has 1 atom stereocenters. The van der Waals surface area contributed by atoms with Gasteiger partial charge < -0.3 is 9.84 Å². The Hall–Kier alpha value is -1.14. The number of halogens is 3. The normalized spacial score (nSPS) is 25.0. The maximum Gasteiger partial charge on any atom is 0.451 e. The first-order valence-corrected chi connectivity index (χ1v) is 11.3. The van der Waals surface area contributed by atoms with Gasteiger partial charge in [0.2, 0.25) is 5.82 Å². The topological polar surface area (TPSA) is 78.8 Å². The second-order valence-corrected chi connectivity index (χ2v) is 10.2. The minimum Gasteiger partial charge on any atom is -0.388 e. The highest BCUT2D eigenvalue weighted by atomic mass is 32.2. The van der Waals surface area contributed by atoms with Crippen molar-refractivity contribution in [3.8, 4) is 0 Å². The Morgan fingerprint density at radius 1 is 1.17 bits per heavy atom. The van der Waals surface area contributed by atoms with Crippen LogP contribution in [0.2, 0.25) is 0 Å². The Labute approximate surface area is 176 Å². The summed E-state index contributed by atoms with van der Waals surface area (Å²) in [5, 5.41) is 10.6. The van der Waals surface area contributed by atoms with Gasteiger partial charge in [-0.15, -0.1) is 0 Å². The molecule has 0 aromatic carbocycles. The summed E-state index contributed by atoms with van der Waals surface area (Å²) < 4.78 is 59.2. The molecule has 0 radical (unpaired) electrons. The van der Waals surface area contributed by atoms with Gasteiger partial charge in [-0.2, -0.15) is 13.2 Å². The molecular weight excluding hydrogens is 421 g/mol. The zero-order valence-electron chi connectivity index (χ0n) is 17.2. The molecule has 1 aromatic rings. The number of hydrogen-bond donors (Lipinski definition) is 1. The molecule has 30 heavy (non-hydrogen) atoms. The number of likely N-dealkylation sites (tertiary alicyclic amines) is 1. The number of aryl methyl sites for hydroxylation is 2. The predicted octanol–water partition coefficient (Wildman–Crippen LogP) is 1.55. The maximum absolute atomic E-state index is 13.1. The lowest BCUT2D eigenvalue weighted by Crippen LogP contribution is -2.73. The van der Waals surface area contributed by atoms with E-state index in [4.69, 9.17) is 4.74 Å². The van der Waals surface area contributed by atoms with Crippen LogP contribution in [0.25, 0.3) is 0 Å². The Kier molecular flexibility index (Phi) is 5.72. The molecule has 168 valence electrons. The molecule has 1 aromatic heterocycles. The molecule has 11 heteroatoms. The Morgan fingerprint density at radius 3 is 2.37 bits per heavy atom. The lowest BCUT2D eigenvalue weighted by atomic mass is 9.73. The summed E-state index contributed by atoms with van der Waals surface area (Å²) in [5.41, 5.74) is -0.349. The summed E-state index contributed by atoms with van der Waals surface area (Å²) in [5.74, 6) is -1.18. The molecule has 0 saturated carbocycles. The van der Waals surface area contributed by atoms with E-state index in [0.29, 0.717) is 50.6 Å². The maximum atomic E-state index is 13.1. The van der Waals surface area contributed by atoms with E-state index >= 15 is 0 Å². The molecular formula is C19H27F3N4O3S. The van der Waals surface area contributed by atoms with E-state index in [1.54, 1.807) is 11.2 Å². The number of aliphatic hydroxyl groups is 1. The number of nitrogens with zero attached hydrogens (tertiary/aromatic N) is 4. The molecule has 1 N–H and O–H groups in total. The van der Waals surface area contributed by atoms with Gasteiger partial charge in [0.15, 0.2) is 0 Å². The van der Waals surface area contributed by atoms with Crippen molar-refractivity contribution in [3.63, 3.8) is 0 Å². The summed E-state index contributed by atoms with van der Waals surface area (Å²) in [7, 11) is -1.58. The van der Waals surface area contributed by atoms with Gasteiger partial charge in [0.25, 0.3) is 0 Å². The quantitative estimate of drug-likeness (QED) is 0.737. The third kappa shape index (κ3) is 4.14. The SMILES string of the molecule is CCc1nc(C(F)(F)F)nc(C)c1S(=O)N1CC2(CN(CC3(O)CCOCC3)C2)C1. The highest BCUT2D eigenvalue weighted by Gasteiger charge is 2.54. The lowest BCUT2D eigenvalue weighted by Gasteiger charge is -2.60. The van der Waals surface area contributed by atoms with E-state index in [1.165, 1.54) is 6.92 Å². The van der Waals surface area contributed by atoms with E-state index in [9.17, 15) is 22.5 Å². The average Bonchev–Trinajstić information content (AvgIpc) is 2.61. The van der Waals surface area contributed by atoms with E-state index in [1.807, 2.05) is 0 Å². The first-order valence-electron chi connectivity index (χ1n) is 10.2. The third-order valence-corrected chi connectivity index (χ3v) is 7.79. The second kappa shape index (κ2) is 7.77. The van der Waals surface area contributed by atoms with E-state index in [-0.39, 0.29) is 23.2 Å². The van der Waals surface area contributed by atoms with Gasteiger partial charge in [0.1, 0.15) is 11.0 Å². The molecule has 1 spiro atoms. The molecule has 0 bridgehead atoms. The highest BCUT2D eigenvalue weighted by molar-refractivity contribution is 7.82. The number of aromatic nitrogens is 2. The fourth-order valence-corrected chi connectivity index (χ4v) is 6.43. The number of alkyl halides is 3. The van der Waals surface area contributed by atoms with Crippen molar-refractivity contribution < 1.29 is 27.2 Å². The zero-order valence-corrected chi connectivity index (χ0v) is 18.0.